The maximum Gasteiger partial charge on any atom is 0.274 e. The molecule has 6 nitrogen and oxygen atoms in total. The molecule has 0 spiro atoms. The Kier molecular flexibility index (Phi) is 3.68. The van der Waals surface area contributed by atoms with Crippen LogP contribution in [0.25, 0.3) is 0 Å². The van der Waals surface area contributed by atoms with Crippen molar-refractivity contribution in [2.24, 2.45) is 0 Å². The Balaban J connectivity index is 1.67. The van der Waals surface area contributed by atoms with Gasteiger partial charge in [0.2, 0.25) is 0 Å². The number of aryl methyl sites for hydroxylation is 2. The molecule has 0 aliphatic carbocycles. The van der Waals surface area contributed by atoms with Crippen molar-refractivity contribution in [3.8, 4) is 0 Å². The highest BCUT2D eigenvalue weighted by atomic mass is 16.2. The Morgan fingerprint density at radius 3 is 2.48 bits per heavy atom. The van der Waals surface area contributed by atoms with Crippen molar-refractivity contribution in [1.29, 1.82) is 0 Å². The van der Waals surface area contributed by atoms with Crippen molar-refractivity contribution in [2.45, 2.75) is 32.7 Å². The lowest BCUT2D eigenvalue weighted by Gasteiger charge is -2.33. The molecular formula is C15H19N5O. The summed E-state index contributed by atoms with van der Waals surface area (Å²) >= 11 is 0. The molecule has 21 heavy (non-hydrogen) atoms. The first kappa shape index (κ1) is 13.7. The molecular weight excluding hydrogens is 266 g/mol. The molecule has 0 radical (unpaired) electrons. The van der Waals surface area contributed by atoms with E-state index in [1.165, 1.54) is 11.9 Å². The molecule has 1 saturated heterocycles. The van der Waals surface area contributed by atoms with E-state index in [1.54, 1.807) is 12.4 Å². The highest BCUT2D eigenvalue weighted by molar-refractivity contribution is 5.92. The van der Waals surface area contributed by atoms with E-state index in [-0.39, 0.29) is 5.91 Å². The fraction of sp³-hybridized carbons (Fsp3) is 0.467. The van der Waals surface area contributed by atoms with Crippen molar-refractivity contribution in [2.75, 3.05) is 13.1 Å². The number of rotatable bonds is 2. The van der Waals surface area contributed by atoms with Crippen LogP contribution >= 0.6 is 0 Å². The van der Waals surface area contributed by atoms with Gasteiger partial charge in [-0.25, -0.2) is 9.97 Å². The number of hydrogen-bond acceptors (Lipinski definition) is 4. The topological polar surface area (TPSA) is 63.9 Å². The average Bonchev–Trinajstić information content (AvgIpc) is 2.87. The smallest absolute Gasteiger partial charge is 0.274 e. The third-order valence-corrected chi connectivity index (χ3v) is 4.07. The quantitative estimate of drug-likeness (QED) is 0.843. The van der Waals surface area contributed by atoms with Gasteiger partial charge in [0.1, 0.15) is 11.5 Å². The number of carbonyl (C=O) groups excluding carboxylic acids is 1. The normalized spacial score (nSPS) is 16.2. The van der Waals surface area contributed by atoms with Gasteiger partial charge in [0.25, 0.3) is 5.91 Å². The highest BCUT2D eigenvalue weighted by Crippen LogP contribution is 2.25. The predicted octanol–water partition coefficient (Wildman–Crippen LogP) is 1.77. The van der Waals surface area contributed by atoms with Gasteiger partial charge >= 0.3 is 0 Å². The van der Waals surface area contributed by atoms with Crippen LogP contribution in [0.4, 0.5) is 0 Å². The maximum absolute atomic E-state index is 12.3. The Labute approximate surface area is 123 Å². The lowest BCUT2D eigenvalue weighted by Crippen LogP contribution is -2.39. The van der Waals surface area contributed by atoms with Crippen molar-refractivity contribution < 1.29 is 4.79 Å². The zero-order valence-corrected chi connectivity index (χ0v) is 12.4. The summed E-state index contributed by atoms with van der Waals surface area (Å²) in [6.07, 6.45) is 8.46. The van der Waals surface area contributed by atoms with Crippen LogP contribution in [0.3, 0.4) is 0 Å². The largest absolute Gasteiger partial charge is 0.337 e. The van der Waals surface area contributed by atoms with Gasteiger partial charge in [-0.05, 0) is 26.7 Å². The van der Waals surface area contributed by atoms with Crippen molar-refractivity contribution in [1.82, 2.24) is 24.4 Å². The number of nitrogens with zero attached hydrogens (tertiary/aromatic N) is 5. The van der Waals surface area contributed by atoms with E-state index >= 15 is 0 Å². The number of hydrogen-bond donors (Lipinski definition) is 0. The summed E-state index contributed by atoms with van der Waals surface area (Å²) < 4.78 is 2.28. The first-order chi connectivity index (χ1) is 10.2. The Hall–Kier alpha value is -2.24. The van der Waals surface area contributed by atoms with Crippen LogP contribution in [-0.2, 0) is 0 Å². The number of imidazole rings is 1. The maximum atomic E-state index is 12.3. The molecule has 110 valence electrons. The molecule has 0 atom stereocenters. The molecule has 0 unspecified atom stereocenters. The van der Waals surface area contributed by atoms with Gasteiger partial charge < -0.3 is 9.47 Å². The first-order valence-electron chi connectivity index (χ1n) is 7.22. The van der Waals surface area contributed by atoms with Gasteiger partial charge in [0.05, 0.1) is 6.20 Å². The van der Waals surface area contributed by atoms with E-state index in [9.17, 15) is 4.79 Å². The second-order valence-electron chi connectivity index (χ2n) is 5.43. The molecule has 2 aromatic heterocycles. The van der Waals surface area contributed by atoms with E-state index in [4.69, 9.17) is 0 Å². The van der Waals surface area contributed by atoms with Gasteiger partial charge in [0.15, 0.2) is 0 Å². The lowest BCUT2D eigenvalue weighted by molar-refractivity contribution is 0.0687. The van der Waals surface area contributed by atoms with Gasteiger partial charge in [0, 0.05) is 43.4 Å². The summed E-state index contributed by atoms with van der Waals surface area (Å²) in [5.74, 6) is 1.02. The third kappa shape index (κ3) is 2.66. The van der Waals surface area contributed by atoms with Crippen LogP contribution in [0.1, 0.15) is 40.9 Å². The summed E-state index contributed by atoms with van der Waals surface area (Å²) in [5, 5.41) is 0. The van der Waals surface area contributed by atoms with Gasteiger partial charge in [-0.2, -0.15) is 0 Å². The summed E-state index contributed by atoms with van der Waals surface area (Å²) in [5.41, 5.74) is 1.61. The first-order valence-corrected chi connectivity index (χ1v) is 7.22. The van der Waals surface area contributed by atoms with E-state index in [0.717, 1.165) is 31.8 Å². The zero-order chi connectivity index (χ0) is 14.8. The Morgan fingerprint density at radius 2 is 1.90 bits per heavy atom. The number of carbonyl (C=O) groups is 1. The number of piperidine rings is 1. The van der Waals surface area contributed by atoms with Crippen LogP contribution in [0.2, 0.25) is 0 Å². The molecule has 3 heterocycles. The predicted molar refractivity (Wildman–Crippen MR) is 77.9 cm³/mol. The minimum atomic E-state index is -0.0272. The number of likely N-dealkylation sites (tertiary alicyclic amines) is 1. The van der Waals surface area contributed by atoms with E-state index in [0.29, 0.717) is 11.7 Å². The fourth-order valence-electron chi connectivity index (χ4n) is 3.02. The lowest BCUT2D eigenvalue weighted by atomic mass is 10.0. The van der Waals surface area contributed by atoms with Crippen LogP contribution in [0.5, 0.6) is 0 Å². The summed E-state index contributed by atoms with van der Waals surface area (Å²) in [6.45, 7) is 5.61. The Morgan fingerprint density at radius 1 is 1.14 bits per heavy atom. The van der Waals surface area contributed by atoms with Crippen molar-refractivity contribution >= 4 is 5.91 Å². The van der Waals surface area contributed by atoms with E-state index in [2.05, 4.69) is 26.4 Å². The molecule has 1 aliphatic rings. The van der Waals surface area contributed by atoms with Crippen molar-refractivity contribution in [3.05, 3.63) is 42.0 Å². The molecule has 0 N–H and O–H groups in total. The molecule has 0 bridgehead atoms. The zero-order valence-electron chi connectivity index (χ0n) is 12.4. The molecule has 1 fully saturated rings. The number of amides is 1. The molecule has 3 rings (SSSR count). The molecule has 2 aromatic rings. The van der Waals surface area contributed by atoms with Crippen LogP contribution in [0, 0.1) is 13.8 Å². The fourth-order valence-corrected chi connectivity index (χ4v) is 3.02. The molecule has 1 aliphatic heterocycles. The van der Waals surface area contributed by atoms with Crippen LogP contribution < -0.4 is 0 Å². The van der Waals surface area contributed by atoms with Crippen LogP contribution in [-0.4, -0.2) is 43.4 Å². The minimum Gasteiger partial charge on any atom is -0.337 e. The number of aromatic nitrogens is 4. The molecule has 6 heteroatoms. The molecule has 0 saturated carbocycles. The van der Waals surface area contributed by atoms with E-state index < -0.39 is 0 Å². The van der Waals surface area contributed by atoms with E-state index in [1.807, 2.05) is 18.0 Å². The highest BCUT2D eigenvalue weighted by Gasteiger charge is 2.26. The molecule has 1 amide bonds. The minimum absolute atomic E-state index is 0.0272. The standard InChI is InChI=1S/C15H19N5O/c1-11-9-18-12(2)20(11)13-3-7-19(8-4-13)15(21)14-10-16-5-6-17-14/h5-6,9-10,13H,3-4,7-8H2,1-2H3. The average molecular weight is 285 g/mol. The van der Waals surface area contributed by atoms with Gasteiger partial charge in [-0.1, -0.05) is 0 Å². The second-order valence-corrected chi connectivity index (χ2v) is 5.43. The SMILES string of the molecule is Cc1cnc(C)n1C1CCN(C(=O)c2cnccn2)CC1. The monoisotopic (exact) mass is 285 g/mol. The van der Waals surface area contributed by atoms with Crippen LogP contribution in [0.15, 0.2) is 24.8 Å². The molecule has 0 aromatic carbocycles. The van der Waals surface area contributed by atoms with Gasteiger partial charge in [-0.3, -0.25) is 9.78 Å². The van der Waals surface area contributed by atoms with Crippen molar-refractivity contribution in [3.63, 3.8) is 0 Å². The summed E-state index contributed by atoms with van der Waals surface area (Å²) in [4.78, 5) is 26.6. The van der Waals surface area contributed by atoms with Gasteiger partial charge in [-0.15, -0.1) is 0 Å². The Bertz CT molecular complexity index is 609. The summed E-state index contributed by atoms with van der Waals surface area (Å²) in [7, 11) is 0. The summed E-state index contributed by atoms with van der Waals surface area (Å²) in [6, 6.07) is 0.429. The second kappa shape index (κ2) is 5.63. The third-order valence-electron chi connectivity index (χ3n) is 4.07.